The molecule has 3 heterocycles. The predicted octanol–water partition coefficient (Wildman–Crippen LogP) is 5.56. The van der Waals surface area contributed by atoms with Crippen molar-refractivity contribution in [1.29, 1.82) is 0 Å². The molecule has 0 aliphatic heterocycles. The highest BCUT2D eigenvalue weighted by atomic mass is 35.5. The molecule has 0 amide bonds. The predicted molar refractivity (Wildman–Crippen MR) is 97.9 cm³/mol. The van der Waals surface area contributed by atoms with Crippen LogP contribution in [-0.4, -0.2) is 20.2 Å². The zero-order valence-electron chi connectivity index (χ0n) is 14.0. The maximum Gasteiger partial charge on any atom is 0.416 e. The number of rotatable bonds is 4. The van der Waals surface area contributed by atoms with Crippen LogP contribution in [0.5, 0.6) is 11.6 Å². The highest BCUT2D eigenvalue weighted by Crippen LogP contribution is 2.35. The number of ether oxygens (including phenoxy) is 1. The Bertz CT molecular complexity index is 1150. The van der Waals surface area contributed by atoms with Crippen molar-refractivity contribution in [3.63, 3.8) is 0 Å². The molecular formula is C18H11ClF3N5O. The van der Waals surface area contributed by atoms with Gasteiger partial charge in [0.15, 0.2) is 5.82 Å². The Kier molecular flexibility index (Phi) is 4.52. The smallest absolute Gasteiger partial charge is 0.416 e. The van der Waals surface area contributed by atoms with E-state index in [0.717, 1.165) is 23.8 Å². The molecular weight excluding hydrogens is 395 g/mol. The molecule has 10 heteroatoms. The molecule has 0 saturated carbocycles. The molecule has 1 aromatic carbocycles. The zero-order chi connectivity index (χ0) is 19.7. The fourth-order valence-corrected chi connectivity index (χ4v) is 2.71. The number of benzene rings is 1. The van der Waals surface area contributed by atoms with Crippen LogP contribution < -0.4 is 10.1 Å². The van der Waals surface area contributed by atoms with Crippen LogP contribution in [0, 0.1) is 0 Å². The van der Waals surface area contributed by atoms with Crippen molar-refractivity contribution in [2.24, 2.45) is 0 Å². The van der Waals surface area contributed by atoms with Gasteiger partial charge in [-0.05, 0) is 36.4 Å². The molecule has 0 aliphatic rings. The van der Waals surface area contributed by atoms with Crippen LogP contribution in [0.25, 0.3) is 11.0 Å². The Hall–Kier alpha value is -3.33. The number of nitrogens with zero attached hydrogens (tertiary/aromatic N) is 3. The van der Waals surface area contributed by atoms with Gasteiger partial charge in [-0.25, -0.2) is 4.98 Å². The summed E-state index contributed by atoms with van der Waals surface area (Å²) in [6.45, 7) is 0. The monoisotopic (exact) mass is 405 g/mol. The molecule has 2 N–H and O–H groups in total. The number of aromatic nitrogens is 4. The van der Waals surface area contributed by atoms with Gasteiger partial charge in [-0.2, -0.15) is 18.3 Å². The van der Waals surface area contributed by atoms with Gasteiger partial charge >= 0.3 is 6.18 Å². The molecule has 28 heavy (non-hydrogen) atoms. The second kappa shape index (κ2) is 7.01. The number of hydrogen-bond donors (Lipinski definition) is 2. The summed E-state index contributed by atoms with van der Waals surface area (Å²) >= 11 is 6.21. The molecule has 0 atom stereocenters. The number of aromatic amines is 1. The first-order valence-corrected chi connectivity index (χ1v) is 8.35. The van der Waals surface area contributed by atoms with E-state index in [-0.39, 0.29) is 16.7 Å². The Labute approximate surface area is 161 Å². The topological polar surface area (TPSA) is 75.7 Å². The van der Waals surface area contributed by atoms with Crippen LogP contribution >= 0.6 is 11.6 Å². The summed E-state index contributed by atoms with van der Waals surface area (Å²) in [6.07, 6.45) is -1.81. The van der Waals surface area contributed by atoms with Crippen molar-refractivity contribution in [3.05, 3.63) is 65.4 Å². The van der Waals surface area contributed by atoms with Gasteiger partial charge in [0.25, 0.3) is 0 Å². The molecule has 0 spiro atoms. The molecule has 6 nitrogen and oxygen atoms in total. The number of anilines is 2. The number of alkyl halides is 3. The van der Waals surface area contributed by atoms with Gasteiger partial charge in [0.2, 0.25) is 5.88 Å². The lowest BCUT2D eigenvalue weighted by molar-refractivity contribution is -0.137. The van der Waals surface area contributed by atoms with Crippen LogP contribution in [0.3, 0.4) is 0 Å². The first-order valence-electron chi connectivity index (χ1n) is 7.97. The molecule has 0 radical (unpaired) electrons. The molecule has 4 aromatic rings. The maximum atomic E-state index is 12.8. The van der Waals surface area contributed by atoms with Crippen LogP contribution in [0.1, 0.15) is 5.56 Å². The number of pyridine rings is 2. The molecule has 4 rings (SSSR count). The Balaban J connectivity index is 1.55. The number of fused-ring (bicyclic) bond motifs is 1. The number of halogens is 4. The van der Waals surface area contributed by atoms with Gasteiger partial charge in [0.1, 0.15) is 11.3 Å². The average Bonchev–Trinajstić information content (AvgIpc) is 3.07. The van der Waals surface area contributed by atoms with E-state index in [1.165, 1.54) is 6.07 Å². The maximum absolute atomic E-state index is 12.8. The number of nitrogens with one attached hydrogen (secondary N) is 2. The van der Waals surface area contributed by atoms with E-state index < -0.39 is 11.7 Å². The second-order valence-corrected chi connectivity index (χ2v) is 6.13. The Morgan fingerprint density at radius 2 is 1.89 bits per heavy atom. The molecule has 0 saturated heterocycles. The summed E-state index contributed by atoms with van der Waals surface area (Å²) in [4.78, 5) is 8.03. The standard InChI is InChI=1S/C18H11ClF3N5O/c19-12-9-11(25-17-16-13(26-27-17)2-1-6-24-16)3-4-14(12)28-15-8-10(5-7-23-15)18(20,21)22/h1-9H,(H2,25,26,27). The minimum absolute atomic E-state index is 0.170. The lowest BCUT2D eigenvalue weighted by Crippen LogP contribution is -2.05. The van der Waals surface area contributed by atoms with Crippen LogP contribution in [-0.2, 0) is 6.18 Å². The summed E-state index contributed by atoms with van der Waals surface area (Å²) in [5, 5.41) is 10.3. The van der Waals surface area contributed by atoms with E-state index in [0.29, 0.717) is 17.0 Å². The van der Waals surface area contributed by atoms with Crippen molar-refractivity contribution in [3.8, 4) is 11.6 Å². The first-order chi connectivity index (χ1) is 13.4. The molecule has 0 fully saturated rings. The molecule has 0 aliphatic carbocycles. The number of hydrogen-bond acceptors (Lipinski definition) is 5. The third-order valence-corrected chi connectivity index (χ3v) is 4.09. The van der Waals surface area contributed by atoms with Gasteiger partial charge in [-0.1, -0.05) is 11.6 Å². The largest absolute Gasteiger partial charge is 0.437 e. The number of H-pyrrole nitrogens is 1. The molecule has 0 bridgehead atoms. The normalized spacial score (nSPS) is 11.6. The Morgan fingerprint density at radius 3 is 2.68 bits per heavy atom. The van der Waals surface area contributed by atoms with Crippen molar-refractivity contribution in [2.45, 2.75) is 6.18 Å². The Morgan fingerprint density at radius 1 is 1.04 bits per heavy atom. The summed E-state index contributed by atoms with van der Waals surface area (Å²) in [5.41, 5.74) is 1.18. The summed E-state index contributed by atoms with van der Waals surface area (Å²) in [5.74, 6) is 0.476. The fraction of sp³-hybridized carbons (Fsp3) is 0.0556. The SMILES string of the molecule is FC(F)(F)c1ccnc(Oc2ccc(Nc3n[nH]c4cccnc34)cc2Cl)c1. The van der Waals surface area contributed by atoms with Crippen molar-refractivity contribution >= 4 is 34.1 Å². The van der Waals surface area contributed by atoms with Gasteiger partial charge in [-0.3, -0.25) is 10.1 Å². The van der Waals surface area contributed by atoms with Gasteiger partial charge in [-0.15, -0.1) is 0 Å². The highest BCUT2D eigenvalue weighted by molar-refractivity contribution is 6.32. The fourth-order valence-electron chi connectivity index (χ4n) is 2.49. The average molecular weight is 406 g/mol. The van der Waals surface area contributed by atoms with E-state index in [2.05, 4.69) is 25.5 Å². The van der Waals surface area contributed by atoms with Crippen molar-refractivity contribution < 1.29 is 17.9 Å². The molecule has 3 aromatic heterocycles. The minimum atomic E-state index is -4.49. The molecule has 0 unspecified atom stereocenters. The van der Waals surface area contributed by atoms with E-state index in [1.807, 2.05) is 6.07 Å². The minimum Gasteiger partial charge on any atom is -0.437 e. The third kappa shape index (κ3) is 3.70. The quantitative estimate of drug-likeness (QED) is 0.465. The zero-order valence-corrected chi connectivity index (χ0v) is 14.7. The summed E-state index contributed by atoms with van der Waals surface area (Å²) in [6, 6.07) is 10.0. The van der Waals surface area contributed by atoms with Crippen LogP contribution in [0.2, 0.25) is 5.02 Å². The van der Waals surface area contributed by atoms with E-state index >= 15 is 0 Å². The van der Waals surface area contributed by atoms with Crippen molar-refractivity contribution in [2.75, 3.05) is 5.32 Å². The summed E-state index contributed by atoms with van der Waals surface area (Å²) < 4.78 is 43.8. The lowest BCUT2D eigenvalue weighted by Gasteiger charge is -2.11. The van der Waals surface area contributed by atoms with Gasteiger partial charge < -0.3 is 10.1 Å². The first kappa shape index (κ1) is 18.1. The van der Waals surface area contributed by atoms with Crippen LogP contribution in [0.15, 0.2) is 54.9 Å². The van der Waals surface area contributed by atoms with E-state index in [4.69, 9.17) is 16.3 Å². The third-order valence-electron chi connectivity index (χ3n) is 3.79. The van der Waals surface area contributed by atoms with Crippen molar-refractivity contribution in [1.82, 2.24) is 20.2 Å². The van der Waals surface area contributed by atoms with Gasteiger partial charge in [0.05, 0.1) is 16.1 Å². The van der Waals surface area contributed by atoms with Crippen LogP contribution in [0.4, 0.5) is 24.7 Å². The van der Waals surface area contributed by atoms with Gasteiger partial charge in [0, 0.05) is 24.1 Å². The lowest BCUT2D eigenvalue weighted by atomic mass is 10.2. The summed E-state index contributed by atoms with van der Waals surface area (Å²) in [7, 11) is 0. The van der Waals surface area contributed by atoms with E-state index in [1.54, 1.807) is 24.4 Å². The van der Waals surface area contributed by atoms with E-state index in [9.17, 15) is 13.2 Å². The molecule has 142 valence electrons. The highest BCUT2D eigenvalue weighted by Gasteiger charge is 2.31. The second-order valence-electron chi connectivity index (χ2n) is 5.72.